The van der Waals surface area contributed by atoms with Crippen molar-refractivity contribution >= 4 is 11.0 Å². The van der Waals surface area contributed by atoms with Gasteiger partial charge in [-0.3, -0.25) is 14.7 Å². The van der Waals surface area contributed by atoms with Crippen molar-refractivity contribution in [3.63, 3.8) is 0 Å². The molecular formula is C28H36N6O2. The number of hydrogen-bond acceptors (Lipinski definition) is 5. The maximum Gasteiger partial charge on any atom is 0.340 e. The molecule has 4 bridgehead atoms. The summed E-state index contributed by atoms with van der Waals surface area (Å²) in [4.78, 5) is 35.8. The first-order valence-electron chi connectivity index (χ1n) is 14.1. The molecule has 2 N–H and O–H groups in total. The van der Waals surface area contributed by atoms with Gasteiger partial charge in [0.1, 0.15) is 0 Å². The molecular weight excluding hydrogens is 452 g/mol. The Kier molecular flexibility index (Phi) is 5.60. The van der Waals surface area contributed by atoms with Crippen LogP contribution in [0.15, 0.2) is 33.9 Å². The van der Waals surface area contributed by atoms with Gasteiger partial charge in [0.15, 0.2) is 11.5 Å². The molecule has 2 saturated carbocycles. The number of rotatable bonds is 3. The van der Waals surface area contributed by atoms with Crippen LogP contribution in [-0.2, 0) is 0 Å². The molecule has 190 valence electrons. The van der Waals surface area contributed by atoms with Crippen molar-refractivity contribution in [1.29, 1.82) is 0 Å². The van der Waals surface area contributed by atoms with Crippen molar-refractivity contribution in [2.75, 3.05) is 0 Å². The van der Waals surface area contributed by atoms with Crippen LogP contribution in [0.25, 0.3) is 22.6 Å². The van der Waals surface area contributed by atoms with Gasteiger partial charge in [0, 0.05) is 24.2 Å². The molecule has 0 radical (unpaired) electrons. The van der Waals surface area contributed by atoms with E-state index in [2.05, 4.69) is 25.1 Å². The first-order valence-corrected chi connectivity index (χ1v) is 14.1. The van der Waals surface area contributed by atoms with Gasteiger partial charge < -0.3 is 4.57 Å². The number of nitrogens with one attached hydrogen (secondary N) is 2. The molecule has 4 fully saturated rings. The van der Waals surface area contributed by atoms with E-state index in [4.69, 9.17) is 0 Å². The Balaban J connectivity index is 1.25. The molecule has 7 rings (SSSR count). The maximum atomic E-state index is 13.9. The Morgan fingerprint density at radius 2 is 1.50 bits per heavy atom. The van der Waals surface area contributed by atoms with Crippen molar-refractivity contribution in [1.82, 2.24) is 29.6 Å². The molecule has 36 heavy (non-hydrogen) atoms. The van der Waals surface area contributed by atoms with E-state index in [1.54, 1.807) is 0 Å². The molecule has 0 amide bonds. The van der Waals surface area contributed by atoms with Crippen LogP contribution in [0.2, 0.25) is 0 Å². The summed E-state index contributed by atoms with van der Waals surface area (Å²) in [5.41, 5.74) is 1.28. The predicted molar refractivity (Wildman–Crippen MR) is 139 cm³/mol. The highest BCUT2D eigenvalue weighted by Crippen LogP contribution is 2.47. The van der Waals surface area contributed by atoms with Gasteiger partial charge in [-0.25, -0.2) is 14.9 Å². The molecule has 2 aliphatic heterocycles. The molecule has 8 nitrogen and oxygen atoms in total. The van der Waals surface area contributed by atoms with E-state index >= 15 is 0 Å². The standard InChI is InChI=1S/C28H36N6O2/c35-27-25(26-30-28(36)32-31-26)29-23-10-3-4-11-24(23)34(27)22-15-19-8-5-9-20(16-22)33(19)21-13-17-6-1-2-7-18(12-17)14-21/h3-4,10-11,17-22H,1-2,5-9,12-16H2,(H2,30,31,32,36). The van der Waals surface area contributed by atoms with Gasteiger partial charge in [-0.1, -0.05) is 44.2 Å². The topological polar surface area (TPSA) is 99.7 Å². The highest BCUT2D eigenvalue weighted by molar-refractivity contribution is 5.77. The van der Waals surface area contributed by atoms with Crippen molar-refractivity contribution in [3.8, 4) is 11.5 Å². The number of benzene rings is 1. The van der Waals surface area contributed by atoms with Gasteiger partial charge >= 0.3 is 5.69 Å². The summed E-state index contributed by atoms with van der Waals surface area (Å²) in [5, 5.41) is 6.41. The molecule has 4 unspecified atom stereocenters. The van der Waals surface area contributed by atoms with Crippen LogP contribution in [0.5, 0.6) is 0 Å². The van der Waals surface area contributed by atoms with Gasteiger partial charge in [-0.05, 0) is 68.9 Å². The van der Waals surface area contributed by atoms with E-state index in [-0.39, 0.29) is 23.1 Å². The summed E-state index contributed by atoms with van der Waals surface area (Å²) in [6, 6.07) is 9.82. The number of aromatic nitrogens is 5. The summed E-state index contributed by atoms with van der Waals surface area (Å²) in [6.45, 7) is 0. The first kappa shape index (κ1) is 22.5. The molecule has 2 aromatic heterocycles. The average molecular weight is 489 g/mol. The van der Waals surface area contributed by atoms with Gasteiger partial charge in [0.2, 0.25) is 0 Å². The molecule has 4 atom stereocenters. The molecule has 8 heteroatoms. The fraction of sp³-hybridized carbons (Fsp3) is 0.643. The fourth-order valence-electron chi connectivity index (χ4n) is 8.36. The third-order valence-electron chi connectivity index (χ3n) is 9.67. The Hall–Kier alpha value is -2.74. The fourth-order valence-corrected chi connectivity index (χ4v) is 8.36. The van der Waals surface area contributed by atoms with Crippen LogP contribution in [0.1, 0.15) is 83.1 Å². The molecule has 2 aliphatic carbocycles. The molecule has 3 aromatic rings. The number of aromatic amines is 2. The van der Waals surface area contributed by atoms with Gasteiger partial charge in [0.25, 0.3) is 5.56 Å². The quantitative estimate of drug-likeness (QED) is 0.570. The second kappa shape index (κ2) is 8.98. The third-order valence-corrected chi connectivity index (χ3v) is 9.67. The Bertz CT molecular complexity index is 1350. The van der Waals surface area contributed by atoms with Gasteiger partial charge in [0.05, 0.1) is 11.0 Å². The molecule has 0 spiro atoms. The van der Waals surface area contributed by atoms with Crippen molar-refractivity contribution in [3.05, 3.63) is 45.1 Å². The zero-order valence-electron chi connectivity index (χ0n) is 20.9. The van der Waals surface area contributed by atoms with E-state index < -0.39 is 5.69 Å². The number of nitrogens with zero attached hydrogens (tertiary/aromatic N) is 4. The normalized spacial score (nSPS) is 32.9. The lowest BCUT2D eigenvalue weighted by Crippen LogP contribution is -2.58. The number of fused-ring (bicyclic) bond motifs is 5. The van der Waals surface area contributed by atoms with E-state index in [1.165, 1.54) is 64.2 Å². The monoisotopic (exact) mass is 488 g/mol. The lowest BCUT2D eigenvalue weighted by Gasteiger charge is -2.54. The zero-order valence-corrected chi connectivity index (χ0v) is 20.9. The summed E-state index contributed by atoms with van der Waals surface area (Å²) in [6.07, 6.45) is 15.7. The SMILES string of the molecule is O=c1[nH]nc(-c2nc3ccccc3n(C3CC4CCCC(C3)N4C3CC4CCCCC(C4)C3)c2=O)[nH]1. The van der Waals surface area contributed by atoms with Crippen LogP contribution in [0.4, 0.5) is 0 Å². The van der Waals surface area contributed by atoms with E-state index in [0.29, 0.717) is 12.1 Å². The number of H-pyrrole nitrogens is 2. The van der Waals surface area contributed by atoms with Crippen LogP contribution < -0.4 is 11.2 Å². The summed E-state index contributed by atoms with van der Waals surface area (Å²) in [7, 11) is 0. The number of hydrogen-bond donors (Lipinski definition) is 2. The summed E-state index contributed by atoms with van der Waals surface area (Å²) < 4.78 is 1.98. The first-order chi connectivity index (χ1) is 17.6. The third kappa shape index (κ3) is 3.85. The van der Waals surface area contributed by atoms with Crippen molar-refractivity contribution < 1.29 is 0 Å². The minimum absolute atomic E-state index is 0.132. The van der Waals surface area contributed by atoms with Crippen LogP contribution in [-0.4, -0.2) is 47.8 Å². The van der Waals surface area contributed by atoms with Gasteiger partial charge in [-0.15, -0.1) is 0 Å². The number of para-hydroxylation sites is 2. The summed E-state index contributed by atoms with van der Waals surface area (Å²) >= 11 is 0. The minimum Gasteiger partial charge on any atom is -0.302 e. The van der Waals surface area contributed by atoms with E-state index in [9.17, 15) is 9.59 Å². The number of piperidine rings is 2. The maximum absolute atomic E-state index is 13.9. The lowest BCUT2D eigenvalue weighted by molar-refractivity contribution is -0.0420. The van der Waals surface area contributed by atoms with Crippen LogP contribution in [0.3, 0.4) is 0 Å². The van der Waals surface area contributed by atoms with Crippen molar-refractivity contribution in [2.45, 2.75) is 101 Å². The highest BCUT2D eigenvalue weighted by Gasteiger charge is 2.45. The Morgan fingerprint density at radius 3 is 2.19 bits per heavy atom. The molecule has 1 aromatic carbocycles. The largest absolute Gasteiger partial charge is 0.340 e. The summed E-state index contributed by atoms with van der Waals surface area (Å²) in [5.74, 6) is 2.05. The smallest absolute Gasteiger partial charge is 0.302 e. The van der Waals surface area contributed by atoms with E-state index in [0.717, 1.165) is 41.8 Å². The molecule has 2 saturated heterocycles. The highest BCUT2D eigenvalue weighted by atomic mass is 16.1. The zero-order chi connectivity index (χ0) is 24.2. The second-order valence-electron chi connectivity index (χ2n) is 11.8. The van der Waals surface area contributed by atoms with Gasteiger partial charge in [-0.2, -0.15) is 5.10 Å². The lowest BCUT2D eigenvalue weighted by atomic mass is 9.73. The second-order valence-corrected chi connectivity index (χ2v) is 11.8. The Labute approximate surface area is 210 Å². The van der Waals surface area contributed by atoms with E-state index in [1.807, 2.05) is 28.8 Å². The average Bonchev–Trinajstić information content (AvgIpc) is 3.23. The van der Waals surface area contributed by atoms with Crippen molar-refractivity contribution in [2.24, 2.45) is 11.8 Å². The van der Waals surface area contributed by atoms with Crippen LogP contribution in [0, 0.1) is 11.8 Å². The predicted octanol–water partition coefficient (Wildman–Crippen LogP) is 4.39. The minimum atomic E-state index is -0.429. The molecule has 4 aliphatic rings. The van der Waals surface area contributed by atoms with Crippen LogP contribution >= 0.6 is 0 Å². The Morgan fingerprint density at radius 1 is 0.778 bits per heavy atom. The molecule has 4 heterocycles.